The Labute approximate surface area is 195 Å². The van der Waals surface area contributed by atoms with Crippen molar-refractivity contribution in [1.29, 1.82) is 0 Å². The number of non-ortho nitro benzene ring substituents is 1. The minimum Gasteiger partial charge on any atom is -0.452 e. The first-order chi connectivity index (χ1) is 15.6. The standard InChI is InChI=1S/C21H22ClN3O7S/c1-14-5-6-15(11-19(14)33(30,31)24-9-3-2-4-10-24)21(27)32-13-20(26)23-18-8-7-16(25(28)29)12-17(18)22/h5-8,11-12H,2-4,9-10,13H2,1H3,(H,23,26). The van der Waals surface area contributed by atoms with Crippen LogP contribution in [-0.2, 0) is 19.6 Å². The zero-order valence-electron chi connectivity index (χ0n) is 17.7. The van der Waals surface area contributed by atoms with Gasteiger partial charge >= 0.3 is 5.97 Å². The monoisotopic (exact) mass is 495 g/mol. The summed E-state index contributed by atoms with van der Waals surface area (Å²) in [5, 5.41) is 13.1. The lowest BCUT2D eigenvalue weighted by molar-refractivity contribution is -0.384. The second kappa shape index (κ2) is 10.3. The van der Waals surface area contributed by atoms with Crippen molar-refractivity contribution in [2.45, 2.75) is 31.1 Å². The number of rotatable bonds is 7. The normalized spacial score (nSPS) is 14.5. The number of hydrogen-bond donors (Lipinski definition) is 1. The highest BCUT2D eigenvalue weighted by Crippen LogP contribution is 2.27. The van der Waals surface area contributed by atoms with E-state index in [1.165, 1.54) is 34.6 Å². The van der Waals surface area contributed by atoms with E-state index in [0.29, 0.717) is 18.7 Å². The van der Waals surface area contributed by atoms with Crippen LogP contribution in [0.2, 0.25) is 5.02 Å². The molecule has 0 atom stereocenters. The molecule has 1 fully saturated rings. The summed E-state index contributed by atoms with van der Waals surface area (Å²) in [6.07, 6.45) is 2.55. The minimum absolute atomic E-state index is 0.00245. The van der Waals surface area contributed by atoms with Gasteiger partial charge < -0.3 is 10.1 Å². The van der Waals surface area contributed by atoms with Crippen LogP contribution >= 0.6 is 11.6 Å². The van der Waals surface area contributed by atoms with Crippen molar-refractivity contribution >= 4 is 44.9 Å². The number of benzene rings is 2. The lowest BCUT2D eigenvalue weighted by atomic mass is 10.1. The third kappa shape index (κ3) is 5.86. The Bertz CT molecular complexity index is 1190. The second-order valence-electron chi connectivity index (χ2n) is 7.49. The Morgan fingerprint density at radius 1 is 1.15 bits per heavy atom. The lowest BCUT2D eigenvalue weighted by Gasteiger charge is -2.26. The Hall–Kier alpha value is -3.02. The first-order valence-electron chi connectivity index (χ1n) is 10.1. The molecule has 0 aliphatic carbocycles. The fourth-order valence-corrected chi connectivity index (χ4v) is 5.36. The van der Waals surface area contributed by atoms with E-state index in [1.807, 2.05) is 0 Å². The molecule has 1 aliphatic heterocycles. The molecular weight excluding hydrogens is 474 g/mol. The molecule has 3 rings (SSSR count). The molecule has 2 aromatic carbocycles. The van der Waals surface area contributed by atoms with E-state index in [1.54, 1.807) is 6.92 Å². The van der Waals surface area contributed by atoms with Gasteiger partial charge in [-0.3, -0.25) is 14.9 Å². The highest BCUT2D eigenvalue weighted by molar-refractivity contribution is 7.89. The van der Waals surface area contributed by atoms with Gasteiger partial charge in [0.1, 0.15) is 0 Å². The van der Waals surface area contributed by atoms with E-state index in [0.717, 1.165) is 25.3 Å². The molecule has 0 unspecified atom stereocenters. The summed E-state index contributed by atoms with van der Waals surface area (Å²) >= 11 is 5.93. The SMILES string of the molecule is Cc1ccc(C(=O)OCC(=O)Nc2ccc([N+](=O)[O-])cc2Cl)cc1S(=O)(=O)N1CCCCC1. The third-order valence-electron chi connectivity index (χ3n) is 5.13. The molecule has 1 N–H and O–H groups in total. The van der Waals surface area contributed by atoms with Crippen molar-refractivity contribution in [2.75, 3.05) is 25.0 Å². The van der Waals surface area contributed by atoms with Gasteiger partial charge in [0.05, 0.1) is 26.1 Å². The number of sulfonamides is 1. The van der Waals surface area contributed by atoms with Crippen LogP contribution in [0.3, 0.4) is 0 Å². The lowest BCUT2D eigenvalue weighted by Crippen LogP contribution is -2.36. The van der Waals surface area contributed by atoms with Gasteiger partial charge in [-0.15, -0.1) is 0 Å². The molecule has 2 aromatic rings. The summed E-state index contributed by atoms with van der Waals surface area (Å²) in [6.45, 7) is 1.85. The van der Waals surface area contributed by atoms with E-state index in [9.17, 15) is 28.1 Å². The average Bonchev–Trinajstić information content (AvgIpc) is 2.79. The molecule has 0 bridgehead atoms. The summed E-state index contributed by atoms with van der Waals surface area (Å²) in [7, 11) is -3.75. The van der Waals surface area contributed by atoms with E-state index in [2.05, 4.69) is 5.32 Å². The fraction of sp³-hybridized carbons (Fsp3) is 0.333. The molecule has 1 aliphatic rings. The van der Waals surface area contributed by atoms with Gasteiger partial charge in [0, 0.05) is 25.2 Å². The number of nitro benzene ring substituents is 1. The molecule has 1 saturated heterocycles. The number of aryl methyl sites for hydroxylation is 1. The largest absolute Gasteiger partial charge is 0.452 e. The Balaban J connectivity index is 1.66. The number of carbonyl (C=O) groups excluding carboxylic acids is 2. The van der Waals surface area contributed by atoms with Crippen molar-refractivity contribution in [3.63, 3.8) is 0 Å². The zero-order chi connectivity index (χ0) is 24.2. The molecule has 0 aromatic heterocycles. The number of piperidine rings is 1. The predicted molar refractivity (Wildman–Crippen MR) is 121 cm³/mol. The van der Waals surface area contributed by atoms with Crippen LogP contribution in [0.25, 0.3) is 0 Å². The number of nitrogens with one attached hydrogen (secondary N) is 1. The van der Waals surface area contributed by atoms with Crippen molar-refractivity contribution < 1.29 is 27.7 Å². The number of anilines is 1. The van der Waals surface area contributed by atoms with Gasteiger partial charge in [0.15, 0.2) is 6.61 Å². The minimum atomic E-state index is -3.75. The number of amides is 1. The van der Waals surface area contributed by atoms with Gasteiger partial charge in [0.2, 0.25) is 10.0 Å². The van der Waals surface area contributed by atoms with Gasteiger partial charge in [-0.25, -0.2) is 13.2 Å². The van der Waals surface area contributed by atoms with Crippen molar-refractivity contribution in [3.05, 3.63) is 62.7 Å². The summed E-state index contributed by atoms with van der Waals surface area (Å²) < 4.78 is 32.4. The average molecular weight is 496 g/mol. The Morgan fingerprint density at radius 3 is 2.48 bits per heavy atom. The van der Waals surface area contributed by atoms with Gasteiger partial charge in [-0.1, -0.05) is 24.1 Å². The van der Waals surface area contributed by atoms with Crippen LogP contribution in [0, 0.1) is 17.0 Å². The summed E-state index contributed by atoms with van der Waals surface area (Å²) in [4.78, 5) is 34.7. The maximum Gasteiger partial charge on any atom is 0.338 e. The smallest absolute Gasteiger partial charge is 0.338 e. The number of esters is 1. The number of ether oxygens (including phenoxy) is 1. The van der Waals surface area contributed by atoms with Gasteiger partial charge in [-0.05, 0) is 43.5 Å². The molecule has 0 spiro atoms. The number of carbonyl (C=O) groups is 2. The Kier molecular flexibility index (Phi) is 7.67. The fourth-order valence-electron chi connectivity index (χ4n) is 3.37. The molecule has 176 valence electrons. The number of halogens is 1. The molecule has 33 heavy (non-hydrogen) atoms. The van der Waals surface area contributed by atoms with Gasteiger partial charge in [-0.2, -0.15) is 4.31 Å². The van der Waals surface area contributed by atoms with Gasteiger partial charge in [0.25, 0.3) is 11.6 Å². The molecular formula is C21H22ClN3O7S. The van der Waals surface area contributed by atoms with Crippen LogP contribution in [-0.4, -0.2) is 49.2 Å². The van der Waals surface area contributed by atoms with E-state index in [4.69, 9.17) is 16.3 Å². The first kappa shape index (κ1) is 24.6. The molecule has 0 radical (unpaired) electrons. The second-order valence-corrected chi connectivity index (χ2v) is 9.80. The molecule has 10 nitrogen and oxygen atoms in total. The van der Waals surface area contributed by atoms with E-state index >= 15 is 0 Å². The topological polar surface area (TPSA) is 136 Å². The Morgan fingerprint density at radius 2 is 1.85 bits per heavy atom. The van der Waals surface area contributed by atoms with Crippen LogP contribution < -0.4 is 5.32 Å². The van der Waals surface area contributed by atoms with Crippen molar-refractivity contribution in [3.8, 4) is 0 Å². The molecule has 0 saturated carbocycles. The van der Waals surface area contributed by atoms with Crippen LogP contribution in [0.4, 0.5) is 11.4 Å². The van der Waals surface area contributed by atoms with E-state index < -0.39 is 33.4 Å². The van der Waals surface area contributed by atoms with E-state index in [-0.39, 0.29) is 26.9 Å². The maximum absolute atomic E-state index is 13.0. The number of hydrogen-bond acceptors (Lipinski definition) is 7. The quantitative estimate of drug-likeness (QED) is 0.352. The van der Waals surface area contributed by atoms with Crippen molar-refractivity contribution in [1.82, 2.24) is 4.31 Å². The third-order valence-corrected chi connectivity index (χ3v) is 7.48. The van der Waals surface area contributed by atoms with Crippen LogP contribution in [0.5, 0.6) is 0 Å². The van der Waals surface area contributed by atoms with Crippen molar-refractivity contribution in [2.24, 2.45) is 0 Å². The summed E-state index contributed by atoms with van der Waals surface area (Å²) in [5.41, 5.74) is 0.382. The maximum atomic E-state index is 13.0. The highest BCUT2D eigenvalue weighted by atomic mass is 35.5. The number of nitrogens with zero attached hydrogens (tertiary/aromatic N) is 2. The molecule has 12 heteroatoms. The zero-order valence-corrected chi connectivity index (χ0v) is 19.3. The van der Waals surface area contributed by atoms with Crippen LogP contribution in [0.1, 0.15) is 35.2 Å². The summed E-state index contributed by atoms with van der Waals surface area (Å²) in [5.74, 6) is -1.58. The first-order valence-corrected chi connectivity index (χ1v) is 11.9. The summed E-state index contributed by atoms with van der Waals surface area (Å²) in [6, 6.07) is 7.72. The molecule has 1 amide bonds. The molecule has 1 heterocycles. The number of nitro groups is 1. The predicted octanol–water partition coefficient (Wildman–Crippen LogP) is 3.53. The van der Waals surface area contributed by atoms with Crippen LogP contribution in [0.15, 0.2) is 41.3 Å². The highest BCUT2D eigenvalue weighted by Gasteiger charge is 2.28.